The molecule has 27 heavy (non-hydrogen) atoms. The summed E-state index contributed by atoms with van der Waals surface area (Å²) in [6.07, 6.45) is 0.604. The Morgan fingerprint density at radius 1 is 0.889 bits per heavy atom. The summed E-state index contributed by atoms with van der Waals surface area (Å²) in [5, 5.41) is 3.39. The van der Waals surface area contributed by atoms with E-state index in [1.807, 2.05) is 37.3 Å². The van der Waals surface area contributed by atoms with Crippen LogP contribution in [-0.2, 0) is 6.42 Å². The Morgan fingerprint density at radius 3 is 2.67 bits per heavy atom. The minimum atomic E-state index is 0.604. The third kappa shape index (κ3) is 2.96. The molecule has 0 aliphatic heterocycles. The van der Waals surface area contributed by atoms with E-state index in [4.69, 9.17) is 13.8 Å². The average Bonchev–Trinajstić information content (AvgIpc) is 3.24. The molecule has 2 heterocycles. The third-order valence-electron chi connectivity index (χ3n) is 4.78. The summed E-state index contributed by atoms with van der Waals surface area (Å²) in [6.45, 7) is 1.95. The number of hydrogen-bond acceptors (Lipinski definition) is 3. The second kappa shape index (κ2) is 6.39. The van der Waals surface area contributed by atoms with Gasteiger partial charge in [0.2, 0.25) is 5.89 Å². The van der Waals surface area contributed by atoms with Crippen LogP contribution in [0.3, 0.4) is 0 Å². The van der Waals surface area contributed by atoms with Gasteiger partial charge in [-0.3, -0.25) is 0 Å². The first-order valence-electron chi connectivity index (χ1n) is 8.80. The standard InChI is InChI=1S/C23H16BrNO2/c1-14-21(13-18-12-16-11-17(24)9-10-22(16)27-18)25-23(26-14)20-8-4-6-15-5-2-3-7-19(15)20/h2-12H,13H2,1H3. The zero-order chi connectivity index (χ0) is 18.4. The molecule has 4 heteroatoms. The molecule has 132 valence electrons. The molecule has 0 saturated carbocycles. The van der Waals surface area contributed by atoms with Gasteiger partial charge in [0.15, 0.2) is 0 Å². The summed E-state index contributed by atoms with van der Waals surface area (Å²) in [7, 11) is 0. The molecule has 3 aromatic carbocycles. The lowest BCUT2D eigenvalue weighted by Crippen LogP contribution is -1.89. The number of oxazole rings is 1. The molecule has 2 aromatic heterocycles. The van der Waals surface area contributed by atoms with Crippen molar-refractivity contribution in [2.24, 2.45) is 0 Å². The maximum Gasteiger partial charge on any atom is 0.227 e. The van der Waals surface area contributed by atoms with Gasteiger partial charge in [-0.25, -0.2) is 4.98 Å². The lowest BCUT2D eigenvalue weighted by Gasteiger charge is -2.02. The van der Waals surface area contributed by atoms with E-state index in [2.05, 4.69) is 52.3 Å². The number of benzene rings is 3. The molecule has 0 atom stereocenters. The van der Waals surface area contributed by atoms with Crippen molar-refractivity contribution in [2.45, 2.75) is 13.3 Å². The van der Waals surface area contributed by atoms with Gasteiger partial charge in [-0.05, 0) is 48.0 Å². The van der Waals surface area contributed by atoms with Gasteiger partial charge >= 0.3 is 0 Å². The van der Waals surface area contributed by atoms with E-state index < -0.39 is 0 Å². The summed E-state index contributed by atoms with van der Waals surface area (Å²) >= 11 is 3.50. The van der Waals surface area contributed by atoms with E-state index in [9.17, 15) is 0 Å². The normalized spacial score (nSPS) is 11.5. The Balaban J connectivity index is 1.54. The van der Waals surface area contributed by atoms with Crippen LogP contribution >= 0.6 is 15.9 Å². The average molecular weight is 418 g/mol. The fraction of sp³-hybridized carbons (Fsp3) is 0.0870. The molecule has 3 nitrogen and oxygen atoms in total. The Hall–Kier alpha value is -2.85. The molecule has 0 bridgehead atoms. The van der Waals surface area contributed by atoms with Gasteiger partial charge in [-0.1, -0.05) is 52.3 Å². The first kappa shape index (κ1) is 16.3. The van der Waals surface area contributed by atoms with Crippen molar-refractivity contribution >= 4 is 37.7 Å². The van der Waals surface area contributed by atoms with Gasteiger partial charge < -0.3 is 8.83 Å². The van der Waals surface area contributed by atoms with Gasteiger partial charge in [0.1, 0.15) is 17.1 Å². The summed E-state index contributed by atoms with van der Waals surface area (Å²) < 4.78 is 13.0. The molecule has 0 aliphatic carbocycles. The van der Waals surface area contributed by atoms with Gasteiger partial charge in [0.05, 0.1) is 12.1 Å². The van der Waals surface area contributed by atoms with Crippen LogP contribution in [0.2, 0.25) is 0 Å². The number of aromatic nitrogens is 1. The maximum atomic E-state index is 6.01. The topological polar surface area (TPSA) is 39.2 Å². The van der Waals surface area contributed by atoms with E-state index >= 15 is 0 Å². The molecular formula is C23H16BrNO2. The second-order valence-electron chi connectivity index (χ2n) is 6.62. The Kier molecular flexibility index (Phi) is 3.87. The highest BCUT2D eigenvalue weighted by Gasteiger charge is 2.16. The highest BCUT2D eigenvalue weighted by atomic mass is 79.9. The van der Waals surface area contributed by atoms with Crippen LogP contribution in [0.4, 0.5) is 0 Å². The molecular weight excluding hydrogens is 402 g/mol. The first-order chi connectivity index (χ1) is 13.2. The van der Waals surface area contributed by atoms with Crippen LogP contribution in [0.25, 0.3) is 33.2 Å². The molecule has 0 spiro atoms. The largest absolute Gasteiger partial charge is 0.461 e. The van der Waals surface area contributed by atoms with Gasteiger partial charge in [0.25, 0.3) is 0 Å². The molecule has 0 amide bonds. The smallest absolute Gasteiger partial charge is 0.227 e. The molecule has 0 N–H and O–H groups in total. The summed E-state index contributed by atoms with van der Waals surface area (Å²) in [6, 6.07) is 22.5. The number of hydrogen-bond donors (Lipinski definition) is 0. The molecule has 0 unspecified atom stereocenters. The zero-order valence-electron chi connectivity index (χ0n) is 14.7. The zero-order valence-corrected chi connectivity index (χ0v) is 16.3. The van der Waals surface area contributed by atoms with Crippen LogP contribution in [0.5, 0.6) is 0 Å². The van der Waals surface area contributed by atoms with Crippen molar-refractivity contribution in [3.05, 3.63) is 88.4 Å². The van der Waals surface area contributed by atoms with Crippen LogP contribution < -0.4 is 0 Å². The molecule has 0 fully saturated rings. The number of halogens is 1. The number of aryl methyl sites for hydroxylation is 1. The van der Waals surface area contributed by atoms with E-state index in [0.717, 1.165) is 43.6 Å². The van der Waals surface area contributed by atoms with E-state index in [-0.39, 0.29) is 0 Å². The quantitative estimate of drug-likeness (QED) is 0.320. The predicted molar refractivity (Wildman–Crippen MR) is 111 cm³/mol. The molecule has 0 radical (unpaired) electrons. The first-order valence-corrected chi connectivity index (χ1v) is 9.59. The van der Waals surface area contributed by atoms with Gasteiger partial charge in [-0.15, -0.1) is 0 Å². The van der Waals surface area contributed by atoms with Crippen molar-refractivity contribution in [3.8, 4) is 11.5 Å². The van der Waals surface area contributed by atoms with E-state index in [1.54, 1.807) is 0 Å². The summed E-state index contributed by atoms with van der Waals surface area (Å²) in [5.74, 6) is 2.35. The predicted octanol–water partition coefficient (Wildman–Crippen LogP) is 6.90. The fourth-order valence-corrected chi connectivity index (χ4v) is 3.82. The SMILES string of the molecule is Cc1oc(-c2cccc3ccccc23)nc1Cc1cc2cc(Br)ccc2o1. The Morgan fingerprint density at radius 2 is 1.74 bits per heavy atom. The van der Waals surface area contributed by atoms with Crippen LogP contribution in [0, 0.1) is 6.92 Å². The lowest BCUT2D eigenvalue weighted by atomic mass is 10.0. The maximum absolute atomic E-state index is 6.01. The van der Waals surface area contributed by atoms with E-state index in [0.29, 0.717) is 12.3 Å². The summed E-state index contributed by atoms with van der Waals surface area (Å²) in [4.78, 5) is 4.78. The van der Waals surface area contributed by atoms with Crippen LogP contribution in [0.1, 0.15) is 17.2 Å². The fourth-order valence-electron chi connectivity index (χ4n) is 3.44. The van der Waals surface area contributed by atoms with Crippen LogP contribution in [-0.4, -0.2) is 4.98 Å². The van der Waals surface area contributed by atoms with Crippen molar-refractivity contribution in [1.82, 2.24) is 4.98 Å². The number of furan rings is 1. The third-order valence-corrected chi connectivity index (χ3v) is 5.28. The highest BCUT2D eigenvalue weighted by molar-refractivity contribution is 9.10. The number of fused-ring (bicyclic) bond motifs is 2. The number of nitrogens with zero attached hydrogens (tertiary/aromatic N) is 1. The Labute approximate surface area is 164 Å². The van der Waals surface area contributed by atoms with E-state index in [1.165, 1.54) is 5.39 Å². The summed E-state index contributed by atoms with van der Waals surface area (Å²) in [5.41, 5.74) is 2.79. The van der Waals surface area contributed by atoms with Gasteiger partial charge in [0, 0.05) is 15.4 Å². The second-order valence-corrected chi connectivity index (χ2v) is 7.54. The van der Waals surface area contributed by atoms with Crippen molar-refractivity contribution in [2.75, 3.05) is 0 Å². The monoisotopic (exact) mass is 417 g/mol. The lowest BCUT2D eigenvalue weighted by molar-refractivity contribution is 0.534. The molecule has 0 saturated heterocycles. The molecule has 5 rings (SSSR count). The Bertz CT molecular complexity index is 1280. The minimum Gasteiger partial charge on any atom is -0.461 e. The molecule has 0 aliphatic rings. The van der Waals surface area contributed by atoms with Crippen molar-refractivity contribution in [1.29, 1.82) is 0 Å². The highest BCUT2D eigenvalue weighted by Crippen LogP contribution is 2.31. The van der Waals surface area contributed by atoms with Crippen molar-refractivity contribution < 1.29 is 8.83 Å². The van der Waals surface area contributed by atoms with Gasteiger partial charge in [-0.2, -0.15) is 0 Å². The van der Waals surface area contributed by atoms with Crippen LogP contribution in [0.15, 0.2) is 80.0 Å². The number of rotatable bonds is 3. The van der Waals surface area contributed by atoms with Crippen molar-refractivity contribution in [3.63, 3.8) is 0 Å². The minimum absolute atomic E-state index is 0.604. The molecule has 5 aromatic rings.